The maximum Gasteiger partial charge on any atom is 0.236 e. The van der Waals surface area contributed by atoms with Gasteiger partial charge in [-0.25, -0.2) is 0 Å². The molecule has 7 heteroatoms. The van der Waals surface area contributed by atoms with E-state index in [0.29, 0.717) is 32.7 Å². The maximum atomic E-state index is 12.7. The number of piperazine rings is 2. The first-order valence-corrected chi connectivity index (χ1v) is 9.16. The summed E-state index contributed by atoms with van der Waals surface area (Å²) in [6.45, 7) is 6.98. The van der Waals surface area contributed by atoms with Crippen LogP contribution in [0.1, 0.15) is 18.5 Å². The molecule has 0 bridgehead atoms. The van der Waals surface area contributed by atoms with Crippen molar-refractivity contribution in [2.75, 3.05) is 52.4 Å². The van der Waals surface area contributed by atoms with Gasteiger partial charge in [0.25, 0.3) is 0 Å². The Hall–Kier alpha value is -1.63. The third-order valence-corrected chi connectivity index (χ3v) is 5.24. The van der Waals surface area contributed by atoms with Crippen LogP contribution in [0.4, 0.5) is 0 Å². The summed E-state index contributed by atoms with van der Waals surface area (Å²) in [7, 11) is 0. The summed E-state index contributed by atoms with van der Waals surface area (Å²) in [6, 6.07) is 8.00. The molecule has 2 aliphatic heterocycles. The van der Waals surface area contributed by atoms with E-state index in [1.54, 1.807) is 11.8 Å². The van der Waals surface area contributed by atoms with Crippen molar-refractivity contribution in [2.45, 2.75) is 13.0 Å². The van der Waals surface area contributed by atoms with Crippen molar-refractivity contribution in [2.24, 2.45) is 0 Å². The molecule has 6 nitrogen and oxygen atoms in total. The molecule has 0 saturated carbocycles. The Morgan fingerprint density at radius 1 is 1.16 bits per heavy atom. The van der Waals surface area contributed by atoms with E-state index < -0.39 is 0 Å². The van der Waals surface area contributed by atoms with Crippen LogP contribution in [0.15, 0.2) is 24.3 Å². The number of hydrogen-bond donors (Lipinski definition) is 1. The molecule has 2 fully saturated rings. The minimum atomic E-state index is 0.0789. The zero-order valence-electron chi connectivity index (χ0n) is 14.6. The lowest BCUT2D eigenvalue weighted by molar-refractivity contribution is -0.139. The van der Waals surface area contributed by atoms with Crippen LogP contribution in [0.3, 0.4) is 0 Å². The van der Waals surface area contributed by atoms with E-state index in [-0.39, 0.29) is 17.9 Å². The van der Waals surface area contributed by atoms with E-state index in [9.17, 15) is 9.59 Å². The number of hydrogen-bond acceptors (Lipinski definition) is 4. The van der Waals surface area contributed by atoms with E-state index in [4.69, 9.17) is 11.6 Å². The predicted molar refractivity (Wildman–Crippen MR) is 97.5 cm³/mol. The molecule has 2 amide bonds. The van der Waals surface area contributed by atoms with Gasteiger partial charge in [-0.1, -0.05) is 23.7 Å². The Bertz CT molecular complexity index is 631. The first-order valence-electron chi connectivity index (χ1n) is 8.78. The van der Waals surface area contributed by atoms with Crippen molar-refractivity contribution < 1.29 is 9.59 Å². The predicted octanol–water partition coefficient (Wildman–Crippen LogP) is 0.977. The zero-order valence-corrected chi connectivity index (χ0v) is 15.3. The molecule has 1 aromatic rings. The van der Waals surface area contributed by atoms with Crippen LogP contribution in [-0.2, 0) is 9.59 Å². The van der Waals surface area contributed by atoms with Gasteiger partial charge in [0.2, 0.25) is 11.8 Å². The second-order valence-corrected chi connectivity index (χ2v) is 7.07. The summed E-state index contributed by atoms with van der Waals surface area (Å²) in [4.78, 5) is 30.0. The molecule has 0 spiro atoms. The van der Waals surface area contributed by atoms with Crippen LogP contribution in [0, 0.1) is 0 Å². The molecule has 0 radical (unpaired) electrons. The van der Waals surface area contributed by atoms with Gasteiger partial charge in [-0.3, -0.25) is 14.5 Å². The van der Waals surface area contributed by atoms with Crippen LogP contribution in [0.5, 0.6) is 0 Å². The van der Waals surface area contributed by atoms with Crippen LogP contribution < -0.4 is 5.32 Å². The second kappa shape index (κ2) is 8.17. The van der Waals surface area contributed by atoms with Crippen LogP contribution in [-0.4, -0.2) is 78.9 Å². The summed E-state index contributed by atoms with van der Waals surface area (Å²) < 4.78 is 0. The standard InChI is InChI=1S/C18H25ClN4O2/c1-14(24)21-7-9-22(10-8-21)18(25)13-23-6-5-20-12-17(23)15-3-2-4-16(19)11-15/h2-4,11,17,20H,5-10,12-13H2,1H3. The molecule has 3 rings (SSSR count). The van der Waals surface area contributed by atoms with Gasteiger partial charge in [0, 0.05) is 63.8 Å². The Kier molecular flexibility index (Phi) is 5.93. The fourth-order valence-corrected chi connectivity index (χ4v) is 3.72. The van der Waals surface area contributed by atoms with Crippen molar-refractivity contribution in [1.29, 1.82) is 0 Å². The number of nitrogens with zero attached hydrogens (tertiary/aromatic N) is 3. The normalized spacial score (nSPS) is 22.1. The van der Waals surface area contributed by atoms with Crippen LogP contribution in [0.2, 0.25) is 5.02 Å². The zero-order chi connectivity index (χ0) is 17.8. The number of carbonyl (C=O) groups excluding carboxylic acids is 2. The average Bonchev–Trinajstić information content (AvgIpc) is 2.62. The third kappa shape index (κ3) is 4.51. The molecule has 1 unspecified atom stereocenters. The van der Waals surface area contributed by atoms with Gasteiger partial charge in [0.15, 0.2) is 0 Å². The minimum Gasteiger partial charge on any atom is -0.339 e. The van der Waals surface area contributed by atoms with Crippen LogP contribution >= 0.6 is 11.6 Å². The minimum absolute atomic E-state index is 0.0789. The lowest BCUT2D eigenvalue weighted by Crippen LogP contribution is -2.54. The summed E-state index contributed by atoms with van der Waals surface area (Å²) in [5, 5.41) is 4.12. The molecule has 25 heavy (non-hydrogen) atoms. The van der Waals surface area contributed by atoms with Gasteiger partial charge in [0.05, 0.1) is 6.54 Å². The molecular formula is C18H25ClN4O2. The van der Waals surface area contributed by atoms with E-state index in [0.717, 1.165) is 30.2 Å². The monoisotopic (exact) mass is 364 g/mol. The molecule has 136 valence electrons. The number of carbonyl (C=O) groups is 2. The van der Waals surface area contributed by atoms with Crippen molar-refractivity contribution in [3.8, 4) is 0 Å². The average molecular weight is 365 g/mol. The molecular weight excluding hydrogens is 340 g/mol. The number of nitrogens with one attached hydrogen (secondary N) is 1. The van der Waals surface area contributed by atoms with Crippen molar-refractivity contribution >= 4 is 23.4 Å². The highest BCUT2D eigenvalue weighted by Gasteiger charge is 2.29. The fourth-order valence-electron chi connectivity index (χ4n) is 3.52. The van der Waals surface area contributed by atoms with E-state index >= 15 is 0 Å². The quantitative estimate of drug-likeness (QED) is 0.868. The van der Waals surface area contributed by atoms with Gasteiger partial charge in [-0.05, 0) is 17.7 Å². The summed E-state index contributed by atoms with van der Waals surface area (Å²) in [5.74, 6) is 0.215. The topological polar surface area (TPSA) is 55.9 Å². The van der Waals surface area contributed by atoms with Gasteiger partial charge < -0.3 is 15.1 Å². The highest BCUT2D eigenvalue weighted by Crippen LogP contribution is 2.24. The summed E-state index contributed by atoms with van der Waals surface area (Å²) in [5.41, 5.74) is 1.13. The Balaban J connectivity index is 1.62. The lowest BCUT2D eigenvalue weighted by atomic mass is 10.0. The van der Waals surface area contributed by atoms with Crippen LogP contribution in [0.25, 0.3) is 0 Å². The first kappa shape index (κ1) is 18.2. The first-order chi connectivity index (χ1) is 12.0. The smallest absolute Gasteiger partial charge is 0.236 e. The summed E-state index contributed by atoms with van der Waals surface area (Å²) in [6.07, 6.45) is 0. The molecule has 0 aromatic heterocycles. The molecule has 1 aromatic carbocycles. The molecule has 1 N–H and O–H groups in total. The summed E-state index contributed by atoms with van der Waals surface area (Å²) >= 11 is 6.13. The number of amides is 2. The molecule has 2 saturated heterocycles. The highest BCUT2D eigenvalue weighted by atomic mass is 35.5. The largest absolute Gasteiger partial charge is 0.339 e. The third-order valence-electron chi connectivity index (χ3n) is 5.00. The van der Waals surface area contributed by atoms with Crippen molar-refractivity contribution in [3.63, 3.8) is 0 Å². The number of halogens is 1. The Morgan fingerprint density at radius 3 is 2.56 bits per heavy atom. The SMILES string of the molecule is CC(=O)N1CCN(C(=O)CN2CCNCC2c2cccc(Cl)c2)CC1. The van der Waals surface area contributed by atoms with Gasteiger partial charge in [-0.15, -0.1) is 0 Å². The van der Waals surface area contributed by atoms with Gasteiger partial charge in [0.1, 0.15) is 0 Å². The number of benzene rings is 1. The van der Waals surface area contributed by atoms with Crippen molar-refractivity contribution in [1.82, 2.24) is 20.0 Å². The van der Waals surface area contributed by atoms with Gasteiger partial charge >= 0.3 is 0 Å². The second-order valence-electron chi connectivity index (χ2n) is 6.63. The molecule has 2 aliphatic rings. The molecule has 1 atom stereocenters. The van der Waals surface area contributed by atoms with E-state index in [1.165, 1.54) is 0 Å². The molecule has 0 aliphatic carbocycles. The highest BCUT2D eigenvalue weighted by molar-refractivity contribution is 6.30. The fraction of sp³-hybridized carbons (Fsp3) is 0.556. The molecule has 2 heterocycles. The van der Waals surface area contributed by atoms with E-state index in [1.807, 2.05) is 23.1 Å². The van der Waals surface area contributed by atoms with Gasteiger partial charge in [-0.2, -0.15) is 0 Å². The van der Waals surface area contributed by atoms with E-state index in [2.05, 4.69) is 16.3 Å². The van der Waals surface area contributed by atoms with Crippen molar-refractivity contribution in [3.05, 3.63) is 34.9 Å². The Morgan fingerprint density at radius 2 is 1.88 bits per heavy atom. The Labute approximate surface area is 153 Å². The number of rotatable bonds is 3. The lowest BCUT2D eigenvalue weighted by Gasteiger charge is -2.39. The maximum absolute atomic E-state index is 12.7.